The van der Waals surface area contributed by atoms with E-state index in [0.717, 1.165) is 9.37 Å². The first-order valence-electron chi connectivity index (χ1n) is 8.85. The number of amides is 2. The molecule has 3 aromatic rings. The number of carboxylic acids is 1. The Kier molecular flexibility index (Phi) is 7.26. The molecule has 0 aliphatic rings. The van der Waals surface area contributed by atoms with E-state index in [1.165, 1.54) is 23.9 Å². The monoisotopic (exact) mass is 484 g/mol. The molecule has 0 unspecified atom stereocenters. The minimum atomic E-state index is -1.17. The van der Waals surface area contributed by atoms with Crippen molar-refractivity contribution in [2.75, 3.05) is 16.4 Å². The van der Waals surface area contributed by atoms with Crippen LogP contribution in [0.2, 0.25) is 0 Å². The largest absolute Gasteiger partial charge is 0.478 e. The van der Waals surface area contributed by atoms with E-state index in [4.69, 9.17) is 0 Å². The molecule has 0 heterocycles. The normalized spacial score (nSPS) is 10.3. The van der Waals surface area contributed by atoms with E-state index >= 15 is 0 Å². The van der Waals surface area contributed by atoms with E-state index in [0.29, 0.717) is 11.4 Å². The van der Waals surface area contributed by atoms with Gasteiger partial charge in [0.15, 0.2) is 0 Å². The second-order valence-corrected chi connectivity index (χ2v) is 8.05. The summed E-state index contributed by atoms with van der Waals surface area (Å²) < 4.78 is 0.801. The molecule has 0 radical (unpaired) electrons. The second kappa shape index (κ2) is 10.1. The Hall–Kier alpha value is -3.10. The minimum absolute atomic E-state index is 0.0655. The molecule has 0 aliphatic heterocycles. The number of carbonyl (C=O) groups is 3. The van der Waals surface area contributed by atoms with Gasteiger partial charge in [0.2, 0.25) is 5.91 Å². The number of rotatable bonds is 7. The Bertz CT molecular complexity index is 1100. The molecule has 6 nitrogen and oxygen atoms in total. The van der Waals surface area contributed by atoms with Crippen LogP contribution in [0.1, 0.15) is 20.7 Å². The first-order chi connectivity index (χ1) is 14.4. The fraction of sp³-hybridized carbons (Fsp3) is 0.0455. The first kappa shape index (κ1) is 21.6. The van der Waals surface area contributed by atoms with Gasteiger partial charge in [-0.2, -0.15) is 0 Å². The van der Waals surface area contributed by atoms with E-state index in [9.17, 15) is 19.5 Å². The van der Waals surface area contributed by atoms with Crippen LogP contribution in [-0.2, 0) is 4.79 Å². The number of hydrogen-bond acceptors (Lipinski definition) is 4. The summed E-state index contributed by atoms with van der Waals surface area (Å²) in [6.45, 7) is 0. The third-order valence-corrected chi connectivity index (χ3v) is 5.70. The van der Waals surface area contributed by atoms with Crippen molar-refractivity contribution < 1.29 is 19.5 Å². The topological polar surface area (TPSA) is 95.5 Å². The van der Waals surface area contributed by atoms with Crippen molar-refractivity contribution in [3.8, 4) is 0 Å². The van der Waals surface area contributed by atoms with Crippen LogP contribution in [0.25, 0.3) is 0 Å². The lowest BCUT2D eigenvalue weighted by Crippen LogP contribution is -2.16. The van der Waals surface area contributed by atoms with Crippen LogP contribution in [0.15, 0.2) is 82.2 Å². The number of anilines is 2. The van der Waals surface area contributed by atoms with Gasteiger partial charge in [-0.05, 0) is 58.4 Å². The minimum Gasteiger partial charge on any atom is -0.478 e. The van der Waals surface area contributed by atoms with Crippen LogP contribution in [0.3, 0.4) is 0 Å². The zero-order chi connectivity index (χ0) is 21.5. The molecule has 0 aliphatic carbocycles. The molecule has 2 amide bonds. The summed E-state index contributed by atoms with van der Waals surface area (Å²) in [5.74, 6) is -1.64. The van der Waals surface area contributed by atoms with Crippen LogP contribution >= 0.6 is 27.7 Å². The van der Waals surface area contributed by atoms with Gasteiger partial charge in [-0.15, -0.1) is 11.8 Å². The van der Waals surface area contributed by atoms with Crippen LogP contribution in [0.5, 0.6) is 0 Å². The molecular weight excluding hydrogens is 468 g/mol. The van der Waals surface area contributed by atoms with Crippen molar-refractivity contribution in [1.29, 1.82) is 0 Å². The molecule has 3 N–H and O–H groups in total. The average Bonchev–Trinajstić information content (AvgIpc) is 2.74. The SMILES string of the molecule is O=C(CSc1cccc(NC(=O)c2ccccc2C(=O)O)c1)Nc1ccccc1Br. The highest BCUT2D eigenvalue weighted by Crippen LogP contribution is 2.24. The van der Waals surface area contributed by atoms with E-state index in [1.807, 2.05) is 24.3 Å². The Morgan fingerprint density at radius 3 is 2.30 bits per heavy atom. The molecule has 8 heteroatoms. The second-order valence-electron chi connectivity index (χ2n) is 6.15. The molecule has 0 fully saturated rings. The zero-order valence-electron chi connectivity index (χ0n) is 15.6. The Morgan fingerprint density at radius 1 is 0.867 bits per heavy atom. The lowest BCUT2D eigenvalue weighted by Gasteiger charge is -2.10. The molecule has 3 rings (SSSR count). The van der Waals surface area contributed by atoms with Gasteiger partial charge in [0.25, 0.3) is 5.91 Å². The molecule has 0 saturated carbocycles. The summed E-state index contributed by atoms with van der Waals surface area (Å²) in [5.41, 5.74) is 1.22. The van der Waals surface area contributed by atoms with E-state index in [-0.39, 0.29) is 22.8 Å². The van der Waals surface area contributed by atoms with Gasteiger partial charge in [0.1, 0.15) is 0 Å². The summed E-state index contributed by atoms with van der Waals surface area (Å²) in [7, 11) is 0. The lowest BCUT2D eigenvalue weighted by atomic mass is 10.1. The number of halogens is 1. The molecule has 30 heavy (non-hydrogen) atoms. The van der Waals surface area contributed by atoms with Gasteiger partial charge < -0.3 is 15.7 Å². The number of para-hydroxylation sites is 1. The Morgan fingerprint density at radius 2 is 1.57 bits per heavy atom. The van der Waals surface area contributed by atoms with Gasteiger partial charge in [0.05, 0.1) is 22.6 Å². The van der Waals surface area contributed by atoms with Crippen LogP contribution in [0, 0.1) is 0 Å². The van der Waals surface area contributed by atoms with E-state index in [1.54, 1.807) is 36.4 Å². The number of benzene rings is 3. The van der Waals surface area contributed by atoms with Gasteiger partial charge in [-0.3, -0.25) is 9.59 Å². The van der Waals surface area contributed by atoms with Crippen molar-refractivity contribution in [2.45, 2.75) is 4.90 Å². The van der Waals surface area contributed by atoms with Crippen molar-refractivity contribution in [1.82, 2.24) is 0 Å². The number of aromatic carboxylic acids is 1. The summed E-state index contributed by atoms with van der Waals surface area (Å²) in [4.78, 5) is 36.8. The van der Waals surface area contributed by atoms with Crippen LogP contribution in [-0.4, -0.2) is 28.6 Å². The number of carbonyl (C=O) groups excluding carboxylic acids is 2. The van der Waals surface area contributed by atoms with Crippen molar-refractivity contribution in [2.24, 2.45) is 0 Å². The molecule has 0 saturated heterocycles. The number of thioether (sulfide) groups is 1. The first-order valence-corrected chi connectivity index (χ1v) is 10.6. The molecular formula is C22H17BrN2O4S. The summed E-state index contributed by atoms with van der Waals surface area (Å²) in [6, 6.07) is 20.4. The predicted molar refractivity (Wildman–Crippen MR) is 121 cm³/mol. The fourth-order valence-corrected chi connectivity index (χ4v) is 3.77. The van der Waals surface area contributed by atoms with Gasteiger partial charge >= 0.3 is 5.97 Å². The Balaban J connectivity index is 1.62. The number of nitrogens with one attached hydrogen (secondary N) is 2. The molecule has 3 aromatic carbocycles. The maximum absolute atomic E-state index is 12.5. The van der Waals surface area contributed by atoms with Gasteiger partial charge in [0, 0.05) is 15.1 Å². The zero-order valence-corrected chi connectivity index (χ0v) is 18.0. The van der Waals surface area contributed by atoms with Gasteiger partial charge in [-0.1, -0.05) is 30.3 Å². The molecule has 0 spiro atoms. The highest BCUT2D eigenvalue weighted by Gasteiger charge is 2.16. The number of hydrogen-bond donors (Lipinski definition) is 3. The summed E-state index contributed by atoms with van der Waals surface area (Å²) in [6.07, 6.45) is 0. The Labute approximate surface area is 185 Å². The fourth-order valence-electron chi connectivity index (χ4n) is 2.63. The van der Waals surface area contributed by atoms with E-state index < -0.39 is 11.9 Å². The lowest BCUT2D eigenvalue weighted by molar-refractivity contribution is -0.113. The number of carboxylic acid groups (broad SMARTS) is 1. The highest BCUT2D eigenvalue weighted by atomic mass is 79.9. The van der Waals surface area contributed by atoms with Gasteiger partial charge in [-0.25, -0.2) is 4.79 Å². The van der Waals surface area contributed by atoms with Crippen molar-refractivity contribution in [3.63, 3.8) is 0 Å². The molecule has 0 bridgehead atoms. The summed E-state index contributed by atoms with van der Waals surface area (Å²) >= 11 is 4.71. The van der Waals surface area contributed by atoms with E-state index in [2.05, 4.69) is 26.6 Å². The average molecular weight is 485 g/mol. The molecule has 0 atom stereocenters. The van der Waals surface area contributed by atoms with Crippen LogP contribution < -0.4 is 10.6 Å². The standard InChI is InChI=1S/C22H17BrN2O4S/c23-18-10-3-4-11-19(18)25-20(26)13-30-15-7-5-6-14(12-15)24-21(27)16-8-1-2-9-17(16)22(28)29/h1-12H,13H2,(H,24,27)(H,25,26)(H,28,29). The molecule has 0 aromatic heterocycles. The van der Waals surface area contributed by atoms with Crippen LogP contribution in [0.4, 0.5) is 11.4 Å². The van der Waals surface area contributed by atoms with Crippen molar-refractivity contribution >= 4 is 56.9 Å². The third-order valence-electron chi connectivity index (χ3n) is 4.01. The summed E-state index contributed by atoms with van der Waals surface area (Å²) in [5, 5.41) is 14.8. The maximum Gasteiger partial charge on any atom is 0.336 e. The maximum atomic E-state index is 12.5. The third kappa shape index (κ3) is 5.71. The quantitative estimate of drug-likeness (QED) is 0.404. The highest BCUT2D eigenvalue weighted by molar-refractivity contribution is 9.10. The van der Waals surface area contributed by atoms with Crippen molar-refractivity contribution in [3.05, 3.63) is 88.4 Å². The predicted octanol–water partition coefficient (Wildman–Crippen LogP) is 5.13. The molecule has 152 valence electrons. The smallest absolute Gasteiger partial charge is 0.336 e.